The molecule has 0 N–H and O–H groups in total. The lowest BCUT2D eigenvalue weighted by Crippen LogP contribution is -2.31. The van der Waals surface area contributed by atoms with Gasteiger partial charge in [0.15, 0.2) is 0 Å². The molecule has 1 aliphatic heterocycles. The molecule has 0 amide bonds. The molecule has 1 aromatic rings. The van der Waals surface area contributed by atoms with Crippen molar-refractivity contribution < 1.29 is 0 Å². The Morgan fingerprint density at radius 1 is 1.00 bits per heavy atom. The Balaban J connectivity index is 1.71. The zero-order valence-electron chi connectivity index (χ0n) is 9.74. The van der Waals surface area contributed by atoms with Gasteiger partial charge in [0, 0.05) is 24.8 Å². The van der Waals surface area contributed by atoms with Crippen LogP contribution in [0.25, 0.3) is 0 Å². The number of nitrogens with zero attached hydrogens (tertiary/aromatic N) is 3. The van der Waals surface area contributed by atoms with Crippen LogP contribution in [-0.2, 0) is 0 Å². The van der Waals surface area contributed by atoms with Gasteiger partial charge in [0.25, 0.3) is 0 Å². The summed E-state index contributed by atoms with van der Waals surface area (Å²) in [4.78, 5) is 10.9. The Kier molecular flexibility index (Phi) is 2.39. The van der Waals surface area contributed by atoms with Crippen molar-refractivity contribution in [3.05, 3.63) is 29.2 Å². The molecule has 3 nitrogen and oxygen atoms in total. The molecule has 0 radical (unpaired) electrons. The molecule has 0 spiro atoms. The van der Waals surface area contributed by atoms with E-state index < -0.39 is 0 Å². The summed E-state index contributed by atoms with van der Waals surface area (Å²) in [5, 5.41) is 0. The third-order valence-corrected chi connectivity index (χ3v) is 3.48. The van der Waals surface area contributed by atoms with Gasteiger partial charge in [-0.3, -0.25) is 0 Å². The summed E-state index contributed by atoms with van der Waals surface area (Å²) < 4.78 is 0. The van der Waals surface area contributed by atoms with Gasteiger partial charge in [-0.25, -0.2) is 9.97 Å². The number of aromatic nitrogens is 2. The highest BCUT2D eigenvalue weighted by Crippen LogP contribution is 2.36. The van der Waals surface area contributed by atoms with E-state index in [2.05, 4.69) is 20.9 Å². The number of aryl methyl sites for hydroxylation is 1. The van der Waals surface area contributed by atoms with E-state index in [4.69, 9.17) is 0 Å². The van der Waals surface area contributed by atoms with Gasteiger partial charge in [0.2, 0.25) is 0 Å². The maximum Gasteiger partial charge on any atom is 0.132 e. The van der Waals surface area contributed by atoms with Crippen molar-refractivity contribution in [3.8, 4) is 0 Å². The van der Waals surface area contributed by atoms with Crippen molar-refractivity contribution in [1.82, 2.24) is 9.97 Å². The number of anilines is 1. The molecule has 0 unspecified atom stereocenters. The molecule has 3 heteroatoms. The summed E-state index contributed by atoms with van der Waals surface area (Å²) in [6, 6.07) is 2.08. The molecule has 1 saturated carbocycles. The Morgan fingerprint density at radius 2 is 1.69 bits per heavy atom. The van der Waals surface area contributed by atoms with Gasteiger partial charge in [-0.1, -0.05) is 11.1 Å². The van der Waals surface area contributed by atoms with E-state index in [1.165, 1.54) is 25.7 Å². The van der Waals surface area contributed by atoms with Gasteiger partial charge in [-0.15, -0.1) is 0 Å². The van der Waals surface area contributed by atoms with E-state index in [0.717, 1.165) is 24.6 Å². The molecule has 1 saturated heterocycles. The normalized spacial score (nSPS) is 20.2. The molecule has 2 fully saturated rings. The molecule has 84 valence electrons. The summed E-state index contributed by atoms with van der Waals surface area (Å²) in [5.41, 5.74) is 4.51. The number of allylic oxidation sites excluding steroid dienone is 1. The monoisotopic (exact) mass is 215 g/mol. The smallest absolute Gasteiger partial charge is 0.132 e. The molecule has 2 aliphatic rings. The van der Waals surface area contributed by atoms with Crippen LogP contribution in [0.4, 0.5) is 5.82 Å². The van der Waals surface area contributed by atoms with Crippen LogP contribution in [0.2, 0.25) is 0 Å². The molecule has 0 aromatic carbocycles. The summed E-state index contributed by atoms with van der Waals surface area (Å²) in [6.45, 7) is 4.26. The molecular formula is C13H17N3. The van der Waals surface area contributed by atoms with Crippen LogP contribution in [0.15, 0.2) is 23.5 Å². The van der Waals surface area contributed by atoms with Gasteiger partial charge < -0.3 is 4.90 Å². The standard InChI is InChI=1S/C13H17N3/c1-10-8-13(15-9-14-10)16-6-4-12(5-7-16)11-2-3-11/h8-9H,2-7H2,1H3. The fraction of sp³-hybridized carbons (Fsp3) is 0.538. The van der Waals surface area contributed by atoms with Crippen molar-refractivity contribution >= 4 is 5.82 Å². The molecule has 2 heterocycles. The summed E-state index contributed by atoms with van der Waals surface area (Å²) in [7, 11) is 0. The Hall–Kier alpha value is -1.38. The summed E-state index contributed by atoms with van der Waals surface area (Å²) in [5.74, 6) is 1.09. The minimum atomic E-state index is 1.05. The van der Waals surface area contributed by atoms with Crippen molar-refractivity contribution in [2.45, 2.75) is 32.6 Å². The van der Waals surface area contributed by atoms with Crippen molar-refractivity contribution in [2.75, 3.05) is 18.0 Å². The van der Waals surface area contributed by atoms with E-state index in [1.807, 2.05) is 6.92 Å². The first kappa shape index (κ1) is 9.82. The number of piperidine rings is 1. The van der Waals surface area contributed by atoms with Gasteiger partial charge in [0.1, 0.15) is 12.1 Å². The van der Waals surface area contributed by atoms with E-state index >= 15 is 0 Å². The highest BCUT2D eigenvalue weighted by Gasteiger charge is 2.22. The fourth-order valence-corrected chi connectivity index (χ4v) is 2.39. The zero-order valence-corrected chi connectivity index (χ0v) is 9.74. The quantitative estimate of drug-likeness (QED) is 0.674. The average Bonchev–Trinajstić information content (AvgIpc) is 3.13. The highest BCUT2D eigenvalue weighted by atomic mass is 15.2. The molecule has 0 bridgehead atoms. The van der Waals surface area contributed by atoms with E-state index in [1.54, 1.807) is 17.5 Å². The van der Waals surface area contributed by atoms with E-state index in [9.17, 15) is 0 Å². The van der Waals surface area contributed by atoms with Crippen LogP contribution in [0.3, 0.4) is 0 Å². The first-order valence-corrected chi connectivity index (χ1v) is 6.06. The molecule has 16 heavy (non-hydrogen) atoms. The number of rotatable bonds is 1. The Morgan fingerprint density at radius 3 is 2.31 bits per heavy atom. The SMILES string of the molecule is Cc1cc(N2CCC(=C3CC3)CC2)ncn1. The predicted octanol–water partition coefficient (Wildman–Crippen LogP) is 2.48. The Bertz CT molecular complexity index is 421. The minimum absolute atomic E-state index is 1.05. The molecule has 1 aromatic heterocycles. The first-order valence-electron chi connectivity index (χ1n) is 6.06. The molecule has 1 aliphatic carbocycles. The van der Waals surface area contributed by atoms with E-state index in [-0.39, 0.29) is 0 Å². The lowest BCUT2D eigenvalue weighted by molar-refractivity contribution is 0.673. The zero-order chi connectivity index (χ0) is 11.0. The van der Waals surface area contributed by atoms with Crippen LogP contribution < -0.4 is 4.90 Å². The Labute approximate surface area is 96.2 Å². The third-order valence-electron chi connectivity index (χ3n) is 3.48. The minimum Gasteiger partial charge on any atom is -0.356 e. The maximum atomic E-state index is 4.35. The molecular weight excluding hydrogens is 198 g/mol. The summed E-state index contributed by atoms with van der Waals surface area (Å²) in [6.07, 6.45) is 6.86. The second-order valence-corrected chi connectivity index (χ2v) is 4.71. The van der Waals surface area contributed by atoms with E-state index in [0.29, 0.717) is 0 Å². The highest BCUT2D eigenvalue weighted by molar-refractivity contribution is 5.41. The van der Waals surface area contributed by atoms with Gasteiger partial charge in [0.05, 0.1) is 0 Å². The average molecular weight is 215 g/mol. The van der Waals surface area contributed by atoms with Crippen LogP contribution in [0.1, 0.15) is 31.4 Å². The van der Waals surface area contributed by atoms with Crippen molar-refractivity contribution in [3.63, 3.8) is 0 Å². The fourth-order valence-electron chi connectivity index (χ4n) is 2.39. The van der Waals surface area contributed by atoms with Crippen LogP contribution in [0, 0.1) is 6.92 Å². The van der Waals surface area contributed by atoms with Crippen molar-refractivity contribution in [1.29, 1.82) is 0 Å². The largest absolute Gasteiger partial charge is 0.356 e. The number of hydrogen-bond donors (Lipinski definition) is 0. The van der Waals surface area contributed by atoms with Gasteiger partial charge >= 0.3 is 0 Å². The predicted molar refractivity (Wildman–Crippen MR) is 64.5 cm³/mol. The van der Waals surface area contributed by atoms with Gasteiger partial charge in [-0.05, 0) is 32.6 Å². The topological polar surface area (TPSA) is 29.0 Å². The third kappa shape index (κ3) is 1.94. The second kappa shape index (κ2) is 3.89. The first-order chi connectivity index (χ1) is 7.83. The molecule has 0 atom stereocenters. The van der Waals surface area contributed by atoms with Gasteiger partial charge in [-0.2, -0.15) is 0 Å². The van der Waals surface area contributed by atoms with Crippen LogP contribution in [0.5, 0.6) is 0 Å². The second-order valence-electron chi connectivity index (χ2n) is 4.71. The number of hydrogen-bond acceptors (Lipinski definition) is 3. The van der Waals surface area contributed by atoms with Crippen LogP contribution in [-0.4, -0.2) is 23.1 Å². The lowest BCUT2D eigenvalue weighted by Gasteiger charge is -2.29. The summed E-state index contributed by atoms with van der Waals surface area (Å²) >= 11 is 0. The lowest BCUT2D eigenvalue weighted by atomic mass is 10.0. The van der Waals surface area contributed by atoms with Crippen LogP contribution >= 0.6 is 0 Å². The maximum absolute atomic E-state index is 4.35. The molecule has 3 rings (SSSR count). The van der Waals surface area contributed by atoms with Crippen molar-refractivity contribution in [2.24, 2.45) is 0 Å².